The van der Waals surface area contributed by atoms with Crippen molar-refractivity contribution < 1.29 is 4.79 Å². The van der Waals surface area contributed by atoms with Crippen LogP contribution >= 0.6 is 0 Å². The van der Waals surface area contributed by atoms with Gasteiger partial charge in [0.2, 0.25) is 0 Å². The molecular weight excluding hydrogens is 312 g/mol. The van der Waals surface area contributed by atoms with Crippen molar-refractivity contribution in [2.45, 2.75) is 39.0 Å². The summed E-state index contributed by atoms with van der Waals surface area (Å²) in [5, 5.41) is 2.99. The number of hydrogen-bond acceptors (Lipinski definition) is 4. The van der Waals surface area contributed by atoms with E-state index in [0.717, 1.165) is 56.0 Å². The molecule has 1 aliphatic heterocycles. The second-order valence-electron chi connectivity index (χ2n) is 6.50. The molecule has 0 atom stereocenters. The lowest BCUT2D eigenvalue weighted by molar-refractivity contribution is 0.0953. The number of carbonyl (C=O) groups excluding carboxylic acids is 1. The number of rotatable bonds is 7. The highest BCUT2D eigenvalue weighted by atomic mass is 16.1. The zero-order valence-corrected chi connectivity index (χ0v) is 14.9. The van der Waals surface area contributed by atoms with Crippen LogP contribution in [0.25, 0.3) is 11.3 Å². The van der Waals surface area contributed by atoms with E-state index in [1.165, 1.54) is 12.8 Å². The van der Waals surface area contributed by atoms with Crippen molar-refractivity contribution in [3.8, 4) is 11.3 Å². The summed E-state index contributed by atoms with van der Waals surface area (Å²) in [5.41, 5.74) is 2.48. The highest BCUT2D eigenvalue weighted by Gasteiger charge is 2.15. The van der Waals surface area contributed by atoms with Gasteiger partial charge < -0.3 is 10.2 Å². The first-order chi connectivity index (χ1) is 12.3. The number of carbonyl (C=O) groups is 1. The Balaban J connectivity index is 1.72. The molecule has 1 aromatic carbocycles. The third-order valence-electron chi connectivity index (χ3n) is 4.57. The van der Waals surface area contributed by atoms with Gasteiger partial charge in [-0.05, 0) is 31.4 Å². The van der Waals surface area contributed by atoms with Crippen LogP contribution in [0, 0.1) is 0 Å². The van der Waals surface area contributed by atoms with Gasteiger partial charge in [0.15, 0.2) is 0 Å². The van der Waals surface area contributed by atoms with Gasteiger partial charge in [-0.1, -0.05) is 31.9 Å². The van der Waals surface area contributed by atoms with Crippen LogP contribution in [0.4, 0.5) is 5.82 Å². The first-order valence-electron chi connectivity index (χ1n) is 9.23. The van der Waals surface area contributed by atoms with E-state index in [1.54, 1.807) is 6.33 Å². The van der Waals surface area contributed by atoms with Crippen molar-refractivity contribution in [2.75, 3.05) is 24.5 Å². The van der Waals surface area contributed by atoms with Crippen LogP contribution in [0.1, 0.15) is 49.4 Å². The van der Waals surface area contributed by atoms with Gasteiger partial charge in [-0.2, -0.15) is 0 Å². The van der Waals surface area contributed by atoms with E-state index < -0.39 is 0 Å². The second kappa shape index (κ2) is 8.60. The van der Waals surface area contributed by atoms with Crippen LogP contribution in [-0.4, -0.2) is 35.5 Å². The van der Waals surface area contributed by atoms with Crippen molar-refractivity contribution in [3.05, 3.63) is 42.2 Å². The van der Waals surface area contributed by atoms with Crippen LogP contribution in [0.3, 0.4) is 0 Å². The Kier molecular flexibility index (Phi) is 5.99. The van der Waals surface area contributed by atoms with E-state index in [9.17, 15) is 4.79 Å². The second-order valence-corrected chi connectivity index (χ2v) is 6.50. The van der Waals surface area contributed by atoms with Gasteiger partial charge in [0.05, 0.1) is 5.69 Å². The Morgan fingerprint density at radius 1 is 1.16 bits per heavy atom. The number of anilines is 1. The van der Waals surface area contributed by atoms with Crippen molar-refractivity contribution in [2.24, 2.45) is 0 Å². The molecule has 1 fully saturated rings. The fourth-order valence-electron chi connectivity index (χ4n) is 3.12. The van der Waals surface area contributed by atoms with Gasteiger partial charge in [-0.3, -0.25) is 4.79 Å². The Labute approximate surface area is 149 Å². The number of aromatic nitrogens is 2. The van der Waals surface area contributed by atoms with E-state index in [4.69, 9.17) is 0 Å². The van der Waals surface area contributed by atoms with Gasteiger partial charge in [0.25, 0.3) is 5.91 Å². The minimum Gasteiger partial charge on any atom is -0.357 e. The minimum atomic E-state index is -0.0215. The molecule has 0 spiro atoms. The molecule has 3 rings (SSSR count). The Bertz CT molecular complexity index is 710. The summed E-state index contributed by atoms with van der Waals surface area (Å²) >= 11 is 0. The fourth-order valence-corrected chi connectivity index (χ4v) is 3.12. The smallest absolute Gasteiger partial charge is 0.251 e. The summed E-state index contributed by atoms with van der Waals surface area (Å²) in [4.78, 5) is 23.4. The molecule has 25 heavy (non-hydrogen) atoms. The Hall–Kier alpha value is -2.43. The molecule has 1 aromatic heterocycles. The minimum absolute atomic E-state index is 0.0215. The lowest BCUT2D eigenvalue weighted by Gasteiger charge is -2.16. The molecule has 2 aromatic rings. The number of amides is 1. The zero-order chi connectivity index (χ0) is 17.5. The average molecular weight is 338 g/mol. The Morgan fingerprint density at radius 3 is 2.80 bits per heavy atom. The summed E-state index contributed by atoms with van der Waals surface area (Å²) in [5.74, 6) is 0.948. The summed E-state index contributed by atoms with van der Waals surface area (Å²) in [6, 6.07) is 9.67. The zero-order valence-electron chi connectivity index (χ0n) is 14.9. The molecule has 0 bridgehead atoms. The number of nitrogens with zero attached hydrogens (tertiary/aromatic N) is 3. The molecule has 0 unspecified atom stereocenters. The quantitative estimate of drug-likeness (QED) is 0.783. The SMILES string of the molecule is CCCCCNC(=O)c1cccc(-c2cc(N3CCCC3)ncn2)c1. The maximum Gasteiger partial charge on any atom is 0.251 e. The van der Waals surface area contributed by atoms with Crippen molar-refractivity contribution in [1.29, 1.82) is 0 Å². The van der Waals surface area contributed by atoms with Gasteiger partial charge in [-0.15, -0.1) is 0 Å². The molecule has 132 valence electrons. The van der Waals surface area contributed by atoms with Gasteiger partial charge >= 0.3 is 0 Å². The van der Waals surface area contributed by atoms with E-state index in [2.05, 4.69) is 27.1 Å². The normalized spacial score (nSPS) is 13.9. The molecule has 0 aliphatic carbocycles. The molecule has 0 radical (unpaired) electrons. The van der Waals surface area contributed by atoms with Crippen LogP contribution in [-0.2, 0) is 0 Å². The molecule has 1 aliphatic rings. The first-order valence-corrected chi connectivity index (χ1v) is 9.23. The van der Waals surface area contributed by atoms with Gasteiger partial charge in [0, 0.05) is 36.8 Å². The largest absolute Gasteiger partial charge is 0.357 e. The number of nitrogens with one attached hydrogen (secondary N) is 1. The van der Waals surface area contributed by atoms with E-state index in [-0.39, 0.29) is 5.91 Å². The van der Waals surface area contributed by atoms with Gasteiger partial charge in [0.1, 0.15) is 12.1 Å². The maximum atomic E-state index is 12.3. The number of hydrogen-bond donors (Lipinski definition) is 1. The fraction of sp³-hybridized carbons (Fsp3) is 0.450. The van der Waals surface area contributed by atoms with E-state index in [0.29, 0.717) is 5.56 Å². The molecule has 1 saturated heterocycles. The third kappa shape index (κ3) is 4.56. The van der Waals surface area contributed by atoms with Crippen molar-refractivity contribution in [1.82, 2.24) is 15.3 Å². The molecular formula is C20H26N4O. The maximum absolute atomic E-state index is 12.3. The van der Waals surface area contributed by atoms with Crippen LogP contribution in [0.2, 0.25) is 0 Å². The van der Waals surface area contributed by atoms with Gasteiger partial charge in [-0.25, -0.2) is 9.97 Å². The van der Waals surface area contributed by atoms with E-state index in [1.807, 2.05) is 30.3 Å². The number of unbranched alkanes of at least 4 members (excludes halogenated alkanes) is 2. The van der Waals surface area contributed by atoms with E-state index >= 15 is 0 Å². The molecule has 0 saturated carbocycles. The molecule has 1 N–H and O–H groups in total. The third-order valence-corrected chi connectivity index (χ3v) is 4.57. The Morgan fingerprint density at radius 2 is 2.00 bits per heavy atom. The average Bonchev–Trinajstić information content (AvgIpc) is 3.20. The number of benzene rings is 1. The highest BCUT2D eigenvalue weighted by molar-refractivity contribution is 5.95. The molecule has 1 amide bonds. The lowest BCUT2D eigenvalue weighted by Crippen LogP contribution is -2.24. The molecule has 5 heteroatoms. The van der Waals surface area contributed by atoms with Crippen LogP contribution in [0.15, 0.2) is 36.7 Å². The van der Waals surface area contributed by atoms with Crippen LogP contribution < -0.4 is 10.2 Å². The standard InChI is InChI=1S/C20H26N4O/c1-2-3-4-10-21-20(25)17-9-7-8-16(13-17)18-14-19(23-15-22-18)24-11-5-6-12-24/h7-9,13-15H,2-6,10-12H2,1H3,(H,21,25). The first kappa shape index (κ1) is 17.4. The monoisotopic (exact) mass is 338 g/mol. The molecule has 5 nitrogen and oxygen atoms in total. The van der Waals surface area contributed by atoms with Crippen molar-refractivity contribution >= 4 is 11.7 Å². The predicted molar refractivity (Wildman–Crippen MR) is 101 cm³/mol. The predicted octanol–water partition coefficient (Wildman–Crippen LogP) is 3.66. The summed E-state index contributed by atoms with van der Waals surface area (Å²) in [7, 11) is 0. The molecule has 2 heterocycles. The highest BCUT2D eigenvalue weighted by Crippen LogP contribution is 2.23. The summed E-state index contributed by atoms with van der Waals surface area (Å²) in [6.45, 7) is 4.99. The summed E-state index contributed by atoms with van der Waals surface area (Å²) < 4.78 is 0. The topological polar surface area (TPSA) is 58.1 Å². The summed E-state index contributed by atoms with van der Waals surface area (Å²) in [6.07, 6.45) is 7.35. The van der Waals surface area contributed by atoms with Crippen LogP contribution in [0.5, 0.6) is 0 Å². The van der Waals surface area contributed by atoms with Crippen molar-refractivity contribution in [3.63, 3.8) is 0 Å². The lowest BCUT2D eigenvalue weighted by atomic mass is 10.1.